The molecule has 20 heavy (non-hydrogen) atoms. The lowest BCUT2D eigenvalue weighted by atomic mass is 9.70. The zero-order valence-corrected chi connectivity index (χ0v) is 13.4. The highest BCUT2D eigenvalue weighted by atomic mass is 14.9. The summed E-state index contributed by atoms with van der Waals surface area (Å²) in [4.78, 5) is 4.60. The third kappa shape index (κ3) is 3.22. The number of hydrogen-bond acceptors (Lipinski definition) is 2. The minimum atomic E-state index is 0.478. The van der Waals surface area contributed by atoms with Crippen LogP contribution in [0.2, 0.25) is 0 Å². The van der Waals surface area contributed by atoms with Gasteiger partial charge in [0.05, 0.1) is 0 Å². The maximum Gasteiger partial charge on any atom is 0.0447 e. The fourth-order valence-electron chi connectivity index (χ4n) is 4.00. The van der Waals surface area contributed by atoms with E-state index in [1.54, 1.807) is 0 Å². The molecule has 2 atom stereocenters. The van der Waals surface area contributed by atoms with Gasteiger partial charge < -0.3 is 5.32 Å². The quantitative estimate of drug-likeness (QED) is 0.790. The Bertz CT molecular complexity index is 382. The first kappa shape index (κ1) is 15.5. The average Bonchev–Trinajstić information content (AvgIpc) is 2.98. The van der Waals surface area contributed by atoms with Crippen LogP contribution in [0.4, 0.5) is 0 Å². The van der Waals surface area contributed by atoms with E-state index in [-0.39, 0.29) is 0 Å². The molecule has 2 unspecified atom stereocenters. The van der Waals surface area contributed by atoms with Gasteiger partial charge in [-0.25, -0.2) is 0 Å². The predicted molar refractivity (Wildman–Crippen MR) is 85.9 cm³/mol. The summed E-state index contributed by atoms with van der Waals surface area (Å²) >= 11 is 0. The van der Waals surface area contributed by atoms with Crippen molar-refractivity contribution in [3.63, 3.8) is 0 Å². The summed E-state index contributed by atoms with van der Waals surface area (Å²) in [5, 5.41) is 3.86. The van der Waals surface area contributed by atoms with Gasteiger partial charge in [0.1, 0.15) is 0 Å². The second kappa shape index (κ2) is 7.21. The number of pyridine rings is 1. The standard InChI is InChI=1S/C18H30N2/c1-4-13-20-17(18(5-2)11-7-8-12-18)15(3)16-10-6-9-14-19-16/h6,9-10,14-15,17,20H,4-5,7-8,11-13H2,1-3H3. The van der Waals surface area contributed by atoms with Gasteiger partial charge in [-0.2, -0.15) is 0 Å². The van der Waals surface area contributed by atoms with E-state index in [0.29, 0.717) is 17.4 Å². The molecule has 112 valence electrons. The molecule has 0 amide bonds. The van der Waals surface area contributed by atoms with Gasteiger partial charge >= 0.3 is 0 Å². The third-order valence-corrected chi connectivity index (χ3v) is 5.23. The fraction of sp³-hybridized carbons (Fsp3) is 0.722. The lowest BCUT2D eigenvalue weighted by Gasteiger charge is -2.41. The van der Waals surface area contributed by atoms with E-state index in [0.717, 1.165) is 6.54 Å². The molecular formula is C18H30N2. The van der Waals surface area contributed by atoms with E-state index in [4.69, 9.17) is 0 Å². The molecule has 0 saturated heterocycles. The first-order valence-corrected chi connectivity index (χ1v) is 8.38. The summed E-state index contributed by atoms with van der Waals surface area (Å²) in [7, 11) is 0. The molecular weight excluding hydrogens is 244 g/mol. The van der Waals surface area contributed by atoms with E-state index in [1.165, 1.54) is 44.2 Å². The molecule has 1 N–H and O–H groups in total. The molecule has 1 aromatic heterocycles. The Kier molecular flexibility index (Phi) is 5.59. The number of hydrogen-bond donors (Lipinski definition) is 1. The van der Waals surface area contributed by atoms with Crippen LogP contribution in [0.25, 0.3) is 0 Å². The third-order valence-electron chi connectivity index (χ3n) is 5.23. The molecule has 2 heteroatoms. The van der Waals surface area contributed by atoms with Crippen molar-refractivity contribution in [1.82, 2.24) is 10.3 Å². The summed E-state index contributed by atoms with van der Waals surface area (Å²) in [6, 6.07) is 6.87. The SMILES string of the molecule is CCCNC(C(C)c1ccccn1)C1(CC)CCCC1. The van der Waals surface area contributed by atoms with Gasteiger partial charge in [0, 0.05) is 23.9 Å². The van der Waals surface area contributed by atoms with Crippen LogP contribution in [-0.4, -0.2) is 17.6 Å². The summed E-state index contributed by atoms with van der Waals surface area (Å²) in [6.07, 6.45) is 9.96. The van der Waals surface area contributed by atoms with Crippen molar-refractivity contribution in [1.29, 1.82) is 0 Å². The lowest BCUT2D eigenvalue weighted by molar-refractivity contribution is 0.163. The second-order valence-corrected chi connectivity index (χ2v) is 6.40. The van der Waals surface area contributed by atoms with Crippen LogP contribution in [0.5, 0.6) is 0 Å². The molecule has 0 aliphatic heterocycles. The maximum absolute atomic E-state index is 4.60. The van der Waals surface area contributed by atoms with Crippen LogP contribution in [0, 0.1) is 5.41 Å². The second-order valence-electron chi connectivity index (χ2n) is 6.40. The van der Waals surface area contributed by atoms with Gasteiger partial charge in [-0.1, -0.05) is 39.7 Å². The zero-order valence-electron chi connectivity index (χ0n) is 13.4. The first-order valence-electron chi connectivity index (χ1n) is 8.38. The Morgan fingerprint density at radius 2 is 2.00 bits per heavy atom. The number of nitrogens with one attached hydrogen (secondary N) is 1. The smallest absolute Gasteiger partial charge is 0.0447 e. The number of aromatic nitrogens is 1. The fourth-order valence-corrected chi connectivity index (χ4v) is 4.00. The van der Waals surface area contributed by atoms with Crippen molar-refractivity contribution in [3.8, 4) is 0 Å². The number of nitrogens with zero attached hydrogens (tertiary/aromatic N) is 1. The molecule has 1 fully saturated rings. The van der Waals surface area contributed by atoms with Crippen molar-refractivity contribution in [3.05, 3.63) is 30.1 Å². The van der Waals surface area contributed by atoms with Crippen LogP contribution in [0.15, 0.2) is 24.4 Å². The molecule has 1 aliphatic carbocycles. The summed E-state index contributed by atoms with van der Waals surface area (Å²) in [5.41, 5.74) is 1.72. The van der Waals surface area contributed by atoms with E-state index in [1.807, 2.05) is 12.3 Å². The van der Waals surface area contributed by atoms with E-state index in [2.05, 4.69) is 43.2 Å². The highest BCUT2D eigenvalue weighted by molar-refractivity contribution is 5.14. The van der Waals surface area contributed by atoms with Gasteiger partial charge in [0.25, 0.3) is 0 Å². The summed E-state index contributed by atoms with van der Waals surface area (Å²) in [6.45, 7) is 8.09. The minimum absolute atomic E-state index is 0.478. The Morgan fingerprint density at radius 1 is 1.25 bits per heavy atom. The van der Waals surface area contributed by atoms with Crippen LogP contribution < -0.4 is 5.32 Å². The average molecular weight is 274 g/mol. The molecule has 1 saturated carbocycles. The molecule has 0 bridgehead atoms. The molecule has 1 aromatic rings. The Labute approximate surface area is 124 Å². The highest BCUT2D eigenvalue weighted by Crippen LogP contribution is 2.47. The maximum atomic E-state index is 4.60. The lowest BCUT2D eigenvalue weighted by Crippen LogP contribution is -2.47. The first-order chi connectivity index (χ1) is 9.73. The minimum Gasteiger partial charge on any atom is -0.313 e. The van der Waals surface area contributed by atoms with E-state index < -0.39 is 0 Å². The van der Waals surface area contributed by atoms with Gasteiger partial charge in [0.15, 0.2) is 0 Å². The van der Waals surface area contributed by atoms with Gasteiger partial charge in [0.2, 0.25) is 0 Å². The summed E-state index contributed by atoms with van der Waals surface area (Å²) < 4.78 is 0. The molecule has 1 aliphatic rings. The molecule has 0 spiro atoms. The van der Waals surface area contributed by atoms with E-state index in [9.17, 15) is 0 Å². The molecule has 1 heterocycles. The van der Waals surface area contributed by atoms with Crippen molar-refractivity contribution >= 4 is 0 Å². The molecule has 0 aromatic carbocycles. The topological polar surface area (TPSA) is 24.9 Å². The van der Waals surface area contributed by atoms with Crippen molar-refractivity contribution in [2.75, 3.05) is 6.54 Å². The Balaban J connectivity index is 2.22. The number of rotatable bonds is 7. The van der Waals surface area contributed by atoms with Crippen LogP contribution in [0.1, 0.15) is 70.9 Å². The molecule has 2 rings (SSSR count). The van der Waals surface area contributed by atoms with Gasteiger partial charge in [-0.15, -0.1) is 0 Å². The predicted octanol–water partition coefficient (Wildman–Crippen LogP) is 4.52. The van der Waals surface area contributed by atoms with Crippen molar-refractivity contribution in [2.24, 2.45) is 5.41 Å². The monoisotopic (exact) mass is 274 g/mol. The normalized spacial score (nSPS) is 20.8. The van der Waals surface area contributed by atoms with E-state index >= 15 is 0 Å². The van der Waals surface area contributed by atoms with Crippen molar-refractivity contribution < 1.29 is 0 Å². The largest absolute Gasteiger partial charge is 0.313 e. The van der Waals surface area contributed by atoms with Gasteiger partial charge in [-0.05, 0) is 49.8 Å². The van der Waals surface area contributed by atoms with Gasteiger partial charge in [-0.3, -0.25) is 4.98 Å². The Hall–Kier alpha value is -0.890. The van der Waals surface area contributed by atoms with Crippen LogP contribution >= 0.6 is 0 Å². The van der Waals surface area contributed by atoms with Crippen molar-refractivity contribution in [2.45, 2.75) is 71.3 Å². The van der Waals surface area contributed by atoms with Crippen LogP contribution in [-0.2, 0) is 0 Å². The summed E-state index contributed by atoms with van der Waals surface area (Å²) in [5.74, 6) is 0.487. The highest BCUT2D eigenvalue weighted by Gasteiger charge is 2.42. The van der Waals surface area contributed by atoms with Crippen LogP contribution in [0.3, 0.4) is 0 Å². The molecule has 0 radical (unpaired) electrons. The zero-order chi connectivity index (χ0) is 14.4. The Morgan fingerprint density at radius 3 is 2.55 bits per heavy atom. The molecule has 2 nitrogen and oxygen atoms in total.